The monoisotopic (exact) mass is 470 g/mol. The minimum Gasteiger partial charge on any atom is -0.374 e. The lowest BCUT2D eigenvalue weighted by molar-refractivity contribution is -0.0211. The normalized spacial score (nSPS) is 46.4. The maximum Gasteiger partial charge on any atom is 0.485 e. The van der Waals surface area contributed by atoms with Crippen LogP contribution in [0.3, 0.4) is 0 Å². The summed E-state index contributed by atoms with van der Waals surface area (Å²) < 4.78 is 52.4. The Morgan fingerprint density at radius 2 is 0.889 bits per heavy atom. The van der Waals surface area contributed by atoms with Crippen LogP contribution in [0.2, 0.25) is 30.2 Å². The molecule has 0 aromatic heterocycles. The Kier molecular flexibility index (Phi) is 6.75. The van der Waals surface area contributed by atoms with Gasteiger partial charge in [-0.25, -0.2) is 0 Å². The lowest BCUT2D eigenvalue weighted by atomic mass is 10.4. The van der Waals surface area contributed by atoms with E-state index in [0.717, 1.165) is 12.8 Å². The molecule has 158 valence electrons. The zero-order chi connectivity index (χ0) is 19.8. The average molecular weight is 471 g/mol. The Bertz CT molecular complexity index is 490. The van der Waals surface area contributed by atoms with E-state index < -0.39 is 44.0 Å². The van der Waals surface area contributed by atoms with Gasteiger partial charge in [-0.3, -0.25) is 0 Å². The van der Waals surface area contributed by atoms with Crippen LogP contribution in [0, 0.1) is 0 Å². The van der Waals surface area contributed by atoms with Gasteiger partial charge in [-0.15, -0.1) is 0 Å². The standard InChI is InChI=1S/C14H34O8Si5/c1-7-13-14-15-23(8-2)16-24(9-3)18-26(11-5)20-25(10-4,17-23)21-27(12-6,19-24)22-26/h7-14H2,1-6H3. The smallest absolute Gasteiger partial charge is 0.374 e. The minimum atomic E-state index is -3.08. The van der Waals surface area contributed by atoms with E-state index in [-0.39, 0.29) is 0 Å². The maximum atomic E-state index is 6.72. The Hall–Kier alpha value is 0.764. The molecule has 4 saturated heterocycles. The molecule has 0 aromatic rings. The Morgan fingerprint density at radius 3 is 1.19 bits per heavy atom. The van der Waals surface area contributed by atoms with Crippen molar-refractivity contribution in [3.8, 4) is 0 Å². The second-order valence-corrected chi connectivity index (χ2v) is 23.5. The van der Waals surface area contributed by atoms with E-state index in [1.54, 1.807) is 0 Å². The van der Waals surface area contributed by atoms with Gasteiger partial charge < -0.3 is 33.2 Å². The molecule has 0 aromatic carbocycles. The van der Waals surface area contributed by atoms with Gasteiger partial charge in [0.2, 0.25) is 0 Å². The van der Waals surface area contributed by atoms with E-state index in [0.29, 0.717) is 36.8 Å². The lowest BCUT2D eigenvalue weighted by Gasteiger charge is -2.60. The van der Waals surface area contributed by atoms with Crippen molar-refractivity contribution in [1.82, 2.24) is 0 Å². The summed E-state index contributed by atoms with van der Waals surface area (Å²) in [6, 6.07) is 3.23. The van der Waals surface area contributed by atoms with E-state index in [9.17, 15) is 0 Å². The van der Waals surface area contributed by atoms with Crippen molar-refractivity contribution in [1.29, 1.82) is 0 Å². The summed E-state index contributed by atoms with van der Waals surface area (Å²) in [4.78, 5) is 0. The molecular formula is C14H34O8Si5. The maximum absolute atomic E-state index is 6.72. The number of rotatable bonds is 9. The van der Waals surface area contributed by atoms with Crippen molar-refractivity contribution in [2.24, 2.45) is 0 Å². The van der Waals surface area contributed by atoms with Gasteiger partial charge in [-0.05, 0) is 6.42 Å². The number of hydrogen-bond donors (Lipinski definition) is 0. The summed E-state index contributed by atoms with van der Waals surface area (Å²) in [6.45, 7) is 12.9. The molecule has 8 nitrogen and oxygen atoms in total. The summed E-state index contributed by atoms with van der Waals surface area (Å²) in [5.74, 6) is 0. The van der Waals surface area contributed by atoms with Gasteiger partial charge in [-0.1, -0.05) is 48.0 Å². The van der Waals surface area contributed by atoms with Crippen molar-refractivity contribution in [2.45, 2.75) is 84.6 Å². The largest absolute Gasteiger partial charge is 0.485 e. The molecule has 13 heteroatoms. The van der Waals surface area contributed by atoms with Gasteiger partial charge in [0.25, 0.3) is 0 Å². The second-order valence-electron chi connectivity index (χ2n) is 7.10. The third-order valence-corrected chi connectivity index (χ3v) is 27.6. The predicted molar refractivity (Wildman–Crippen MR) is 110 cm³/mol. The molecule has 4 aliphatic heterocycles. The van der Waals surface area contributed by atoms with Crippen LogP contribution >= 0.6 is 0 Å². The molecule has 0 saturated carbocycles. The molecule has 0 N–H and O–H groups in total. The number of unbranched alkanes of at least 4 members (excludes halogenated alkanes) is 1. The van der Waals surface area contributed by atoms with Gasteiger partial charge in [0, 0.05) is 36.8 Å². The highest BCUT2D eigenvalue weighted by atomic mass is 28.6. The van der Waals surface area contributed by atoms with Crippen molar-refractivity contribution in [3.05, 3.63) is 0 Å². The summed E-state index contributed by atoms with van der Waals surface area (Å²) in [7, 11) is -15.1. The van der Waals surface area contributed by atoms with Gasteiger partial charge in [0.05, 0.1) is 0 Å². The van der Waals surface area contributed by atoms with Crippen LogP contribution in [0.5, 0.6) is 0 Å². The molecule has 4 aliphatic rings. The van der Waals surface area contributed by atoms with E-state index >= 15 is 0 Å². The third-order valence-electron chi connectivity index (χ3n) is 5.16. The highest BCUT2D eigenvalue weighted by Crippen LogP contribution is 2.49. The Balaban J connectivity index is 2.06. The third kappa shape index (κ3) is 4.04. The van der Waals surface area contributed by atoms with Crippen LogP contribution < -0.4 is 0 Å². The van der Waals surface area contributed by atoms with Crippen LogP contribution in [-0.2, 0) is 33.2 Å². The minimum absolute atomic E-state index is 0.599. The van der Waals surface area contributed by atoms with E-state index in [2.05, 4.69) is 6.92 Å². The fraction of sp³-hybridized carbons (Fsp3) is 1.00. The van der Waals surface area contributed by atoms with Gasteiger partial charge in [-0.2, -0.15) is 0 Å². The molecule has 0 radical (unpaired) electrons. The molecule has 0 atom stereocenters. The van der Waals surface area contributed by atoms with Crippen molar-refractivity contribution in [2.75, 3.05) is 6.61 Å². The topological polar surface area (TPSA) is 73.8 Å². The molecule has 27 heavy (non-hydrogen) atoms. The van der Waals surface area contributed by atoms with Crippen LogP contribution in [0.4, 0.5) is 0 Å². The van der Waals surface area contributed by atoms with Crippen LogP contribution in [0.25, 0.3) is 0 Å². The summed E-state index contributed by atoms with van der Waals surface area (Å²) in [5.41, 5.74) is 0. The summed E-state index contributed by atoms with van der Waals surface area (Å²) in [5, 5.41) is 0. The molecule has 0 unspecified atom stereocenters. The molecule has 4 fully saturated rings. The van der Waals surface area contributed by atoms with E-state index in [4.69, 9.17) is 33.2 Å². The molecule has 0 aliphatic carbocycles. The van der Waals surface area contributed by atoms with Gasteiger partial charge in [0.15, 0.2) is 0 Å². The first-order chi connectivity index (χ1) is 12.8. The average Bonchev–Trinajstić information content (AvgIpc) is 2.66. The Labute approximate surface area is 168 Å². The van der Waals surface area contributed by atoms with Crippen LogP contribution in [0.15, 0.2) is 0 Å². The summed E-state index contributed by atoms with van der Waals surface area (Å²) in [6.07, 6.45) is 2.00. The highest BCUT2D eigenvalue weighted by Gasteiger charge is 2.78. The molecule has 4 heterocycles. The first-order valence-corrected chi connectivity index (χ1v) is 20.0. The number of hydrogen-bond acceptors (Lipinski definition) is 8. The molecule has 0 amide bonds. The molecule has 4 rings (SSSR count). The van der Waals surface area contributed by atoms with Crippen molar-refractivity contribution < 1.29 is 33.2 Å². The fourth-order valence-corrected chi connectivity index (χ4v) is 33.0. The second kappa shape index (κ2) is 8.12. The van der Waals surface area contributed by atoms with Gasteiger partial charge in [0.1, 0.15) is 0 Å². The predicted octanol–water partition coefficient (Wildman–Crippen LogP) is 3.75. The Morgan fingerprint density at radius 1 is 0.519 bits per heavy atom. The lowest BCUT2D eigenvalue weighted by Crippen LogP contribution is -2.85. The van der Waals surface area contributed by atoms with E-state index in [1.807, 2.05) is 34.6 Å². The zero-order valence-corrected chi connectivity index (χ0v) is 22.4. The fourth-order valence-electron chi connectivity index (χ4n) is 3.47. The number of fused-ring (bicyclic) bond motifs is 2. The SMILES string of the molecule is CCCCO[Si]1(CC)O[Si]2(CC)O[Si]3(CC)O[Si](CC)(O1)O[Si](CC)(O2)O3. The molecule has 4 bridgehead atoms. The highest BCUT2D eigenvalue weighted by molar-refractivity contribution is 7.00. The first kappa shape index (κ1) is 22.4. The quantitative estimate of drug-likeness (QED) is 0.372. The van der Waals surface area contributed by atoms with Gasteiger partial charge >= 0.3 is 44.0 Å². The molecule has 0 spiro atoms. The van der Waals surface area contributed by atoms with Crippen molar-refractivity contribution >= 4 is 44.0 Å². The molecular weight excluding hydrogens is 437 g/mol. The zero-order valence-electron chi connectivity index (χ0n) is 17.4. The van der Waals surface area contributed by atoms with Crippen molar-refractivity contribution in [3.63, 3.8) is 0 Å². The van der Waals surface area contributed by atoms with Crippen LogP contribution in [0.1, 0.15) is 54.4 Å². The first-order valence-electron chi connectivity index (χ1n) is 10.4. The van der Waals surface area contributed by atoms with Crippen LogP contribution in [-0.4, -0.2) is 50.6 Å². The van der Waals surface area contributed by atoms with E-state index in [1.165, 1.54) is 0 Å². The summed E-state index contributed by atoms with van der Waals surface area (Å²) >= 11 is 0.